The van der Waals surface area contributed by atoms with Gasteiger partial charge in [0.15, 0.2) is 0 Å². The molecule has 1 heterocycles. The van der Waals surface area contributed by atoms with Crippen LogP contribution in [0.15, 0.2) is 24.3 Å². The third-order valence-electron chi connectivity index (χ3n) is 5.27. The molecule has 1 saturated carbocycles. The highest BCUT2D eigenvalue weighted by atomic mass is 16.5. The highest BCUT2D eigenvalue weighted by Crippen LogP contribution is 2.41. The number of ether oxygens (including phenoxy) is 1. The molecular weight excluding hydrogens is 260 g/mol. The van der Waals surface area contributed by atoms with Gasteiger partial charge in [-0.2, -0.15) is 0 Å². The molecule has 2 aliphatic rings. The van der Waals surface area contributed by atoms with Gasteiger partial charge < -0.3 is 15.4 Å². The van der Waals surface area contributed by atoms with Gasteiger partial charge >= 0.3 is 0 Å². The second-order valence-electron chi connectivity index (χ2n) is 6.54. The molecule has 1 atom stereocenters. The van der Waals surface area contributed by atoms with Gasteiger partial charge in [0.2, 0.25) is 0 Å². The number of hydrogen-bond acceptors (Lipinski definition) is 3. The van der Waals surface area contributed by atoms with Gasteiger partial charge in [0.1, 0.15) is 0 Å². The topological polar surface area (TPSA) is 38.5 Å². The Bertz CT molecular complexity index is 451. The second kappa shape index (κ2) is 6.37. The van der Waals surface area contributed by atoms with Crippen LogP contribution in [0, 0.1) is 0 Å². The van der Waals surface area contributed by atoms with E-state index in [1.165, 1.54) is 43.4 Å². The first-order valence-corrected chi connectivity index (χ1v) is 8.46. The first kappa shape index (κ1) is 14.9. The molecule has 0 amide bonds. The molecular formula is C18H28N2O. The SMILES string of the molecule is CCN(c1ccc(CN)cc1)C1CCOC2(CCCC2)C1. The van der Waals surface area contributed by atoms with Crippen LogP contribution in [0.2, 0.25) is 0 Å². The van der Waals surface area contributed by atoms with E-state index in [4.69, 9.17) is 10.5 Å². The van der Waals surface area contributed by atoms with E-state index in [2.05, 4.69) is 36.1 Å². The quantitative estimate of drug-likeness (QED) is 0.922. The Morgan fingerprint density at radius 2 is 1.95 bits per heavy atom. The maximum atomic E-state index is 6.18. The van der Waals surface area contributed by atoms with Crippen molar-refractivity contribution >= 4 is 5.69 Å². The van der Waals surface area contributed by atoms with E-state index < -0.39 is 0 Å². The minimum absolute atomic E-state index is 0.188. The third-order valence-corrected chi connectivity index (χ3v) is 5.27. The molecule has 0 aromatic heterocycles. The van der Waals surface area contributed by atoms with Crippen LogP contribution in [0.3, 0.4) is 0 Å². The Balaban J connectivity index is 1.75. The zero-order valence-corrected chi connectivity index (χ0v) is 13.2. The van der Waals surface area contributed by atoms with Gasteiger partial charge in [-0.15, -0.1) is 0 Å². The molecule has 1 saturated heterocycles. The fourth-order valence-electron chi connectivity index (χ4n) is 4.11. The molecule has 1 aromatic carbocycles. The maximum absolute atomic E-state index is 6.18. The van der Waals surface area contributed by atoms with Gasteiger partial charge in [-0.1, -0.05) is 25.0 Å². The fraction of sp³-hybridized carbons (Fsp3) is 0.667. The van der Waals surface area contributed by atoms with Gasteiger partial charge in [0.25, 0.3) is 0 Å². The van der Waals surface area contributed by atoms with Crippen LogP contribution in [-0.4, -0.2) is 24.8 Å². The van der Waals surface area contributed by atoms with E-state index in [0.717, 1.165) is 19.6 Å². The van der Waals surface area contributed by atoms with E-state index in [1.807, 2.05) is 0 Å². The molecule has 1 aliphatic heterocycles. The highest BCUT2D eigenvalue weighted by molar-refractivity contribution is 5.48. The summed E-state index contributed by atoms with van der Waals surface area (Å²) in [5.74, 6) is 0. The Hall–Kier alpha value is -1.06. The van der Waals surface area contributed by atoms with E-state index in [0.29, 0.717) is 12.6 Å². The predicted octanol–water partition coefficient (Wildman–Crippen LogP) is 3.46. The number of nitrogens with two attached hydrogens (primary N) is 1. The van der Waals surface area contributed by atoms with Crippen molar-refractivity contribution in [1.29, 1.82) is 0 Å². The number of benzene rings is 1. The summed E-state index contributed by atoms with van der Waals surface area (Å²) in [7, 11) is 0. The summed E-state index contributed by atoms with van der Waals surface area (Å²) < 4.78 is 6.18. The van der Waals surface area contributed by atoms with E-state index in [1.54, 1.807) is 0 Å². The highest BCUT2D eigenvalue weighted by Gasteiger charge is 2.41. The van der Waals surface area contributed by atoms with Crippen LogP contribution in [0.25, 0.3) is 0 Å². The second-order valence-corrected chi connectivity index (χ2v) is 6.54. The van der Waals surface area contributed by atoms with Crippen molar-refractivity contribution in [1.82, 2.24) is 0 Å². The summed E-state index contributed by atoms with van der Waals surface area (Å²) in [5, 5.41) is 0. The van der Waals surface area contributed by atoms with Crippen LogP contribution in [-0.2, 0) is 11.3 Å². The Morgan fingerprint density at radius 1 is 1.24 bits per heavy atom. The minimum Gasteiger partial charge on any atom is -0.375 e. The van der Waals surface area contributed by atoms with Crippen LogP contribution in [0.1, 0.15) is 51.0 Å². The smallest absolute Gasteiger partial charge is 0.0702 e. The van der Waals surface area contributed by atoms with Gasteiger partial charge in [-0.3, -0.25) is 0 Å². The molecule has 1 aliphatic carbocycles. The van der Waals surface area contributed by atoms with Crippen LogP contribution in [0.5, 0.6) is 0 Å². The first-order valence-electron chi connectivity index (χ1n) is 8.46. The van der Waals surface area contributed by atoms with E-state index in [9.17, 15) is 0 Å². The molecule has 2 N–H and O–H groups in total. The molecule has 3 nitrogen and oxygen atoms in total. The van der Waals surface area contributed by atoms with Gasteiger partial charge in [-0.25, -0.2) is 0 Å². The van der Waals surface area contributed by atoms with Gasteiger partial charge in [-0.05, 0) is 50.3 Å². The zero-order chi connectivity index (χ0) is 14.7. The largest absolute Gasteiger partial charge is 0.375 e. The lowest BCUT2D eigenvalue weighted by Crippen LogP contribution is -2.47. The van der Waals surface area contributed by atoms with E-state index >= 15 is 0 Å². The van der Waals surface area contributed by atoms with Crippen LogP contribution < -0.4 is 10.6 Å². The first-order chi connectivity index (χ1) is 10.3. The molecule has 21 heavy (non-hydrogen) atoms. The summed E-state index contributed by atoms with van der Waals surface area (Å²) in [5.41, 5.74) is 8.42. The average molecular weight is 288 g/mol. The van der Waals surface area contributed by atoms with Crippen molar-refractivity contribution in [2.45, 2.75) is 63.6 Å². The van der Waals surface area contributed by atoms with E-state index in [-0.39, 0.29) is 5.60 Å². The lowest BCUT2D eigenvalue weighted by atomic mass is 9.88. The van der Waals surface area contributed by atoms with Crippen molar-refractivity contribution in [3.05, 3.63) is 29.8 Å². The zero-order valence-electron chi connectivity index (χ0n) is 13.2. The summed E-state index contributed by atoms with van der Waals surface area (Å²) >= 11 is 0. The van der Waals surface area contributed by atoms with Crippen molar-refractivity contribution in [2.75, 3.05) is 18.1 Å². The fourth-order valence-corrected chi connectivity index (χ4v) is 4.11. The molecule has 1 unspecified atom stereocenters. The van der Waals surface area contributed by atoms with Crippen LogP contribution >= 0.6 is 0 Å². The standard InChI is InChI=1S/C18H28N2O/c1-2-20(16-7-5-15(14-19)6-8-16)17-9-12-21-18(13-17)10-3-4-11-18/h5-8,17H,2-4,9-14,19H2,1H3. The molecule has 3 heteroatoms. The number of nitrogens with zero attached hydrogens (tertiary/aromatic N) is 1. The van der Waals surface area contributed by atoms with Crippen LogP contribution in [0.4, 0.5) is 5.69 Å². The third kappa shape index (κ3) is 3.09. The lowest BCUT2D eigenvalue weighted by Gasteiger charge is -2.43. The normalized spacial score (nSPS) is 24.4. The van der Waals surface area contributed by atoms with Crippen molar-refractivity contribution in [3.63, 3.8) is 0 Å². The summed E-state index contributed by atoms with van der Waals surface area (Å²) in [6, 6.07) is 9.38. The van der Waals surface area contributed by atoms with Gasteiger partial charge in [0.05, 0.1) is 5.60 Å². The van der Waals surface area contributed by atoms with Crippen molar-refractivity contribution in [2.24, 2.45) is 5.73 Å². The molecule has 3 rings (SSSR count). The molecule has 0 radical (unpaired) electrons. The Labute approximate surface area is 128 Å². The van der Waals surface area contributed by atoms with Crippen molar-refractivity contribution in [3.8, 4) is 0 Å². The summed E-state index contributed by atoms with van der Waals surface area (Å²) in [6.45, 7) is 4.85. The van der Waals surface area contributed by atoms with Gasteiger partial charge in [0, 0.05) is 31.4 Å². The summed E-state index contributed by atoms with van der Waals surface area (Å²) in [4.78, 5) is 2.56. The molecule has 2 fully saturated rings. The molecule has 1 spiro atoms. The summed E-state index contributed by atoms with van der Waals surface area (Å²) in [6.07, 6.45) is 7.53. The average Bonchev–Trinajstić information content (AvgIpc) is 2.96. The molecule has 116 valence electrons. The van der Waals surface area contributed by atoms with Crippen molar-refractivity contribution < 1.29 is 4.74 Å². The lowest BCUT2D eigenvalue weighted by molar-refractivity contribution is -0.0799. The number of hydrogen-bond donors (Lipinski definition) is 1. The minimum atomic E-state index is 0.188. The Morgan fingerprint density at radius 3 is 2.57 bits per heavy atom. The monoisotopic (exact) mass is 288 g/mol. The molecule has 0 bridgehead atoms. The molecule has 1 aromatic rings. The number of rotatable bonds is 4. The Kier molecular flexibility index (Phi) is 4.51. The maximum Gasteiger partial charge on any atom is 0.0702 e. The number of anilines is 1. The predicted molar refractivity (Wildman–Crippen MR) is 87.5 cm³/mol.